The van der Waals surface area contributed by atoms with Crippen LogP contribution < -0.4 is 5.32 Å². The van der Waals surface area contributed by atoms with E-state index in [9.17, 15) is 9.90 Å². The van der Waals surface area contributed by atoms with E-state index in [2.05, 4.69) is 15.5 Å². The first-order chi connectivity index (χ1) is 8.60. The number of nitrogens with zero attached hydrogens (tertiary/aromatic N) is 2. The molecule has 0 saturated heterocycles. The van der Waals surface area contributed by atoms with Gasteiger partial charge in [0.15, 0.2) is 0 Å². The molecule has 1 aromatic heterocycles. The van der Waals surface area contributed by atoms with Crippen LogP contribution in [0.3, 0.4) is 0 Å². The first-order valence-corrected chi connectivity index (χ1v) is 6.37. The van der Waals surface area contributed by atoms with Crippen LogP contribution in [0.15, 0.2) is 6.07 Å². The Labute approximate surface area is 107 Å². The van der Waals surface area contributed by atoms with E-state index < -0.39 is 5.54 Å². The molecular weight excluding hydrogens is 230 g/mol. The van der Waals surface area contributed by atoms with Gasteiger partial charge in [0.1, 0.15) is 0 Å². The number of carbonyl (C=O) groups excluding carboxylic acids is 1. The summed E-state index contributed by atoms with van der Waals surface area (Å²) in [6.07, 6.45) is 3.40. The van der Waals surface area contributed by atoms with E-state index in [4.69, 9.17) is 0 Å². The highest BCUT2D eigenvalue weighted by atomic mass is 16.3. The van der Waals surface area contributed by atoms with Crippen molar-refractivity contribution in [1.82, 2.24) is 15.5 Å². The molecule has 0 aromatic carbocycles. The molecular formula is C13H19N3O2. The molecule has 1 amide bonds. The predicted molar refractivity (Wildman–Crippen MR) is 67.3 cm³/mol. The lowest BCUT2D eigenvalue weighted by atomic mass is 9.77. The standard InChI is InChI=1S/C13H19N3O2/c1-3-11-10(7-9(2)15-16-11)12(18)14-13(8-17)5-4-6-13/h7,17H,3-6,8H2,1-2H3,(H,14,18). The summed E-state index contributed by atoms with van der Waals surface area (Å²) in [5.41, 5.74) is 1.58. The molecule has 1 aliphatic carbocycles. The smallest absolute Gasteiger partial charge is 0.253 e. The van der Waals surface area contributed by atoms with Crippen LogP contribution in [0.5, 0.6) is 0 Å². The molecule has 0 radical (unpaired) electrons. The molecule has 2 N–H and O–H groups in total. The first-order valence-electron chi connectivity index (χ1n) is 6.37. The number of amides is 1. The third kappa shape index (κ3) is 2.36. The number of aryl methyl sites for hydroxylation is 2. The van der Waals surface area contributed by atoms with Crippen LogP contribution in [0.2, 0.25) is 0 Å². The predicted octanol–water partition coefficient (Wildman–Crippen LogP) is 0.992. The second-order valence-electron chi connectivity index (χ2n) is 4.95. The minimum absolute atomic E-state index is 0.00229. The number of aromatic nitrogens is 2. The van der Waals surface area contributed by atoms with Gasteiger partial charge in [-0.25, -0.2) is 0 Å². The van der Waals surface area contributed by atoms with E-state index in [1.54, 1.807) is 6.07 Å². The van der Waals surface area contributed by atoms with Gasteiger partial charge in [0, 0.05) is 0 Å². The monoisotopic (exact) mass is 249 g/mol. The van der Waals surface area contributed by atoms with Crippen molar-refractivity contribution in [2.24, 2.45) is 0 Å². The van der Waals surface area contributed by atoms with Crippen LogP contribution in [0, 0.1) is 6.92 Å². The fraction of sp³-hybridized carbons (Fsp3) is 0.615. The Balaban J connectivity index is 2.20. The maximum atomic E-state index is 12.3. The van der Waals surface area contributed by atoms with Crippen molar-refractivity contribution >= 4 is 5.91 Å². The molecule has 98 valence electrons. The highest BCUT2D eigenvalue weighted by Crippen LogP contribution is 2.31. The van der Waals surface area contributed by atoms with Crippen LogP contribution in [-0.2, 0) is 6.42 Å². The lowest BCUT2D eigenvalue weighted by molar-refractivity contribution is 0.0640. The lowest BCUT2D eigenvalue weighted by Gasteiger charge is -2.41. The van der Waals surface area contributed by atoms with Crippen LogP contribution in [0.4, 0.5) is 0 Å². The van der Waals surface area contributed by atoms with E-state index in [1.165, 1.54) is 0 Å². The molecule has 0 aliphatic heterocycles. The molecule has 2 rings (SSSR count). The molecule has 1 aliphatic rings. The lowest BCUT2D eigenvalue weighted by Crippen LogP contribution is -2.56. The fourth-order valence-electron chi connectivity index (χ4n) is 2.21. The van der Waals surface area contributed by atoms with E-state index in [0.29, 0.717) is 17.7 Å². The van der Waals surface area contributed by atoms with Gasteiger partial charge < -0.3 is 10.4 Å². The summed E-state index contributed by atoms with van der Waals surface area (Å²) < 4.78 is 0. The fourth-order valence-corrected chi connectivity index (χ4v) is 2.21. The summed E-state index contributed by atoms with van der Waals surface area (Å²) in [5, 5.41) is 20.3. The third-order valence-corrected chi connectivity index (χ3v) is 3.56. The highest BCUT2D eigenvalue weighted by Gasteiger charge is 2.38. The van der Waals surface area contributed by atoms with Gasteiger partial charge in [0.25, 0.3) is 5.91 Å². The Kier molecular flexibility index (Phi) is 3.61. The Morgan fingerprint density at radius 3 is 2.72 bits per heavy atom. The van der Waals surface area contributed by atoms with Crippen LogP contribution in [0.1, 0.15) is 47.9 Å². The molecule has 5 heteroatoms. The van der Waals surface area contributed by atoms with Crippen molar-refractivity contribution < 1.29 is 9.90 Å². The van der Waals surface area contributed by atoms with Crippen molar-refractivity contribution in [3.63, 3.8) is 0 Å². The normalized spacial score (nSPS) is 17.1. The summed E-state index contributed by atoms with van der Waals surface area (Å²) in [6.45, 7) is 3.76. The average molecular weight is 249 g/mol. The molecule has 1 saturated carbocycles. The zero-order chi connectivity index (χ0) is 13.2. The minimum atomic E-state index is -0.417. The van der Waals surface area contributed by atoms with Gasteiger partial charge in [-0.1, -0.05) is 6.92 Å². The van der Waals surface area contributed by atoms with Gasteiger partial charge in [0.05, 0.1) is 29.1 Å². The SMILES string of the molecule is CCc1nnc(C)cc1C(=O)NC1(CO)CCC1. The summed E-state index contributed by atoms with van der Waals surface area (Å²) in [4.78, 5) is 12.3. The van der Waals surface area contributed by atoms with Gasteiger partial charge >= 0.3 is 0 Å². The van der Waals surface area contributed by atoms with Gasteiger partial charge in [-0.2, -0.15) is 10.2 Å². The van der Waals surface area contributed by atoms with E-state index in [-0.39, 0.29) is 12.5 Å². The second-order valence-corrected chi connectivity index (χ2v) is 4.95. The first kappa shape index (κ1) is 13.0. The summed E-state index contributed by atoms with van der Waals surface area (Å²) >= 11 is 0. The number of hydrogen-bond donors (Lipinski definition) is 2. The Morgan fingerprint density at radius 1 is 1.50 bits per heavy atom. The third-order valence-electron chi connectivity index (χ3n) is 3.56. The molecule has 1 aromatic rings. The van der Waals surface area contributed by atoms with Crippen molar-refractivity contribution in [1.29, 1.82) is 0 Å². The number of rotatable bonds is 4. The molecule has 1 fully saturated rings. The van der Waals surface area contributed by atoms with E-state index in [0.717, 1.165) is 25.0 Å². The van der Waals surface area contributed by atoms with E-state index in [1.807, 2.05) is 13.8 Å². The topological polar surface area (TPSA) is 75.1 Å². The van der Waals surface area contributed by atoms with E-state index >= 15 is 0 Å². The Morgan fingerprint density at radius 2 is 2.22 bits per heavy atom. The molecule has 5 nitrogen and oxygen atoms in total. The summed E-state index contributed by atoms with van der Waals surface area (Å²) in [5.74, 6) is -0.154. The van der Waals surface area contributed by atoms with Gasteiger partial charge in [-0.3, -0.25) is 4.79 Å². The number of nitrogens with one attached hydrogen (secondary N) is 1. The maximum absolute atomic E-state index is 12.3. The largest absolute Gasteiger partial charge is 0.394 e. The van der Waals surface area contributed by atoms with Crippen molar-refractivity contribution in [3.05, 3.63) is 23.0 Å². The molecule has 18 heavy (non-hydrogen) atoms. The maximum Gasteiger partial charge on any atom is 0.253 e. The van der Waals surface area contributed by atoms with Crippen molar-refractivity contribution in [3.8, 4) is 0 Å². The number of hydrogen-bond acceptors (Lipinski definition) is 4. The molecule has 0 spiro atoms. The molecule has 0 bridgehead atoms. The number of carbonyl (C=O) groups is 1. The Bertz CT molecular complexity index is 450. The molecule has 1 heterocycles. The summed E-state index contributed by atoms with van der Waals surface area (Å²) in [7, 11) is 0. The van der Waals surface area contributed by atoms with Gasteiger partial charge in [-0.05, 0) is 38.7 Å². The summed E-state index contributed by atoms with van der Waals surface area (Å²) in [6, 6.07) is 1.75. The average Bonchev–Trinajstić information content (AvgIpc) is 2.33. The van der Waals surface area contributed by atoms with Crippen LogP contribution in [-0.4, -0.2) is 33.4 Å². The van der Waals surface area contributed by atoms with Crippen molar-refractivity contribution in [2.45, 2.75) is 45.1 Å². The highest BCUT2D eigenvalue weighted by molar-refractivity contribution is 5.95. The van der Waals surface area contributed by atoms with Crippen LogP contribution in [0.25, 0.3) is 0 Å². The van der Waals surface area contributed by atoms with Gasteiger partial charge in [0.2, 0.25) is 0 Å². The second kappa shape index (κ2) is 5.02. The van der Waals surface area contributed by atoms with Crippen LogP contribution >= 0.6 is 0 Å². The van der Waals surface area contributed by atoms with Crippen molar-refractivity contribution in [2.75, 3.05) is 6.61 Å². The molecule has 0 atom stereocenters. The zero-order valence-corrected chi connectivity index (χ0v) is 10.9. The number of aliphatic hydroxyl groups is 1. The van der Waals surface area contributed by atoms with Gasteiger partial charge in [-0.15, -0.1) is 0 Å². The molecule has 0 unspecified atom stereocenters. The minimum Gasteiger partial charge on any atom is -0.394 e. The number of aliphatic hydroxyl groups excluding tert-OH is 1. The Hall–Kier alpha value is -1.49. The quantitative estimate of drug-likeness (QED) is 0.834. The zero-order valence-electron chi connectivity index (χ0n) is 10.9.